The Bertz CT molecular complexity index is 817. The third kappa shape index (κ3) is 5.01. The predicted octanol–water partition coefficient (Wildman–Crippen LogP) is 2.22. The van der Waals surface area contributed by atoms with E-state index in [1.165, 1.54) is 7.11 Å². The highest BCUT2D eigenvalue weighted by molar-refractivity contribution is 5.93. The first kappa shape index (κ1) is 18.8. The zero-order valence-corrected chi connectivity index (χ0v) is 15.3. The number of methoxy groups -OCH3 is 1. The molecule has 0 spiro atoms. The summed E-state index contributed by atoms with van der Waals surface area (Å²) in [6.45, 7) is 2.94. The van der Waals surface area contributed by atoms with Crippen molar-refractivity contribution in [2.24, 2.45) is 0 Å². The van der Waals surface area contributed by atoms with Crippen LogP contribution < -0.4 is 10.6 Å². The van der Waals surface area contributed by atoms with Crippen LogP contribution >= 0.6 is 0 Å². The molecule has 1 unspecified atom stereocenters. The van der Waals surface area contributed by atoms with Crippen LogP contribution in [0, 0.1) is 6.92 Å². The number of aryl methyl sites for hydroxylation is 1. The molecular formula is C19H22N4O4. The lowest BCUT2D eigenvalue weighted by Gasteiger charge is -2.12. The van der Waals surface area contributed by atoms with Crippen molar-refractivity contribution < 1.29 is 19.1 Å². The standard InChI is InChI=1S/C19H22N4O4/c1-12-21-16(18(24)20-11-15-4-3-9-27-15)10-17(22-12)23-14-7-5-13(6-8-14)19(25)26-2/h5-8,10,15H,3-4,9,11H2,1-2H3,(H,20,24)(H,21,22,23). The SMILES string of the molecule is COC(=O)c1ccc(Nc2cc(C(=O)NCC3CCCO3)nc(C)n2)cc1. The van der Waals surface area contributed by atoms with Gasteiger partial charge in [0.25, 0.3) is 5.91 Å². The Morgan fingerprint density at radius 3 is 2.70 bits per heavy atom. The smallest absolute Gasteiger partial charge is 0.337 e. The van der Waals surface area contributed by atoms with E-state index >= 15 is 0 Å². The van der Waals surface area contributed by atoms with E-state index in [9.17, 15) is 9.59 Å². The second-order valence-electron chi connectivity index (χ2n) is 6.22. The highest BCUT2D eigenvalue weighted by Gasteiger charge is 2.18. The minimum absolute atomic E-state index is 0.0720. The number of benzene rings is 1. The molecule has 1 amide bonds. The first-order valence-electron chi connectivity index (χ1n) is 8.76. The van der Waals surface area contributed by atoms with Crippen LogP contribution in [0.3, 0.4) is 0 Å². The molecule has 8 heteroatoms. The maximum atomic E-state index is 12.4. The van der Waals surface area contributed by atoms with E-state index in [-0.39, 0.29) is 17.7 Å². The summed E-state index contributed by atoms with van der Waals surface area (Å²) in [5, 5.41) is 5.97. The molecule has 0 radical (unpaired) electrons. The van der Waals surface area contributed by atoms with Crippen molar-refractivity contribution in [2.75, 3.05) is 25.6 Å². The van der Waals surface area contributed by atoms with E-state index in [1.54, 1.807) is 37.3 Å². The maximum Gasteiger partial charge on any atom is 0.337 e. The fourth-order valence-corrected chi connectivity index (χ4v) is 2.81. The predicted molar refractivity (Wildman–Crippen MR) is 99.1 cm³/mol. The number of rotatable bonds is 6. The number of nitrogens with zero attached hydrogens (tertiary/aromatic N) is 2. The van der Waals surface area contributed by atoms with Crippen LogP contribution in [-0.2, 0) is 9.47 Å². The molecule has 1 aromatic heterocycles. The number of carbonyl (C=O) groups is 2. The number of nitrogens with one attached hydrogen (secondary N) is 2. The summed E-state index contributed by atoms with van der Waals surface area (Å²) < 4.78 is 10.2. The summed E-state index contributed by atoms with van der Waals surface area (Å²) in [7, 11) is 1.34. The summed E-state index contributed by atoms with van der Waals surface area (Å²) >= 11 is 0. The normalized spacial score (nSPS) is 16.0. The number of anilines is 2. The maximum absolute atomic E-state index is 12.4. The third-order valence-electron chi connectivity index (χ3n) is 4.16. The van der Waals surface area contributed by atoms with Gasteiger partial charge in [0.1, 0.15) is 17.3 Å². The zero-order chi connectivity index (χ0) is 19.2. The molecule has 1 aliphatic heterocycles. The average Bonchev–Trinajstić information content (AvgIpc) is 3.19. The number of hydrogen-bond donors (Lipinski definition) is 2. The zero-order valence-electron chi connectivity index (χ0n) is 15.3. The van der Waals surface area contributed by atoms with Gasteiger partial charge in [-0.1, -0.05) is 0 Å². The second kappa shape index (κ2) is 8.59. The van der Waals surface area contributed by atoms with Gasteiger partial charge in [0.15, 0.2) is 0 Å². The van der Waals surface area contributed by atoms with Crippen molar-refractivity contribution in [1.82, 2.24) is 15.3 Å². The van der Waals surface area contributed by atoms with Crippen molar-refractivity contribution in [3.63, 3.8) is 0 Å². The van der Waals surface area contributed by atoms with Crippen LogP contribution in [0.4, 0.5) is 11.5 Å². The van der Waals surface area contributed by atoms with Gasteiger partial charge in [-0.3, -0.25) is 4.79 Å². The average molecular weight is 370 g/mol. The molecule has 1 fully saturated rings. The Morgan fingerprint density at radius 2 is 2.04 bits per heavy atom. The van der Waals surface area contributed by atoms with E-state index < -0.39 is 5.97 Å². The lowest BCUT2D eigenvalue weighted by atomic mass is 10.2. The minimum Gasteiger partial charge on any atom is -0.465 e. The van der Waals surface area contributed by atoms with Crippen molar-refractivity contribution in [2.45, 2.75) is 25.9 Å². The molecule has 1 atom stereocenters. The molecule has 27 heavy (non-hydrogen) atoms. The number of carbonyl (C=O) groups excluding carboxylic acids is 2. The molecule has 8 nitrogen and oxygen atoms in total. The first-order chi connectivity index (χ1) is 13.0. The fourth-order valence-electron chi connectivity index (χ4n) is 2.81. The molecule has 3 rings (SSSR count). The van der Waals surface area contributed by atoms with Gasteiger partial charge in [-0.25, -0.2) is 14.8 Å². The third-order valence-corrected chi connectivity index (χ3v) is 4.16. The highest BCUT2D eigenvalue weighted by Crippen LogP contribution is 2.17. The highest BCUT2D eigenvalue weighted by atomic mass is 16.5. The van der Waals surface area contributed by atoms with Crippen molar-refractivity contribution in [3.05, 3.63) is 47.4 Å². The Morgan fingerprint density at radius 1 is 1.26 bits per heavy atom. The molecular weight excluding hydrogens is 348 g/mol. The van der Waals surface area contributed by atoms with Crippen LogP contribution in [-0.4, -0.2) is 48.2 Å². The van der Waals surface area contributed by atoms with Crippen LogP contribution in [0.5, 0.6) is 0 Å². The minimum atomic E-state index is -0.398. The quantitative estimate of drug-likeness (QED) is 0.752. The van der Waals surface area contributed by atoms with Crippen LogP contribution in [0.1, 0.15) is 39.5 Å². The summed E-state index contributed by atoms with van der Waals surface area (Å²) in [6.07, 6.45) is 2.05. The van der Waals surface area contributed by atoms with E-state index in [0.29, 0.717) is 23.8 Å². The summed E-state index contributed by atoms with van der Waals surface area (Å²) in [5.74, 6) is 0.314. The van der Waals surface area contributed by atoms with E-state index in [4.69, 9.17) is 4.74 Å². The Balaban J connectivity index is 1.67. The largest absolute Gasteiger partial charge is 0.465 e. The monoisotopic (exact) mass is 370 g/mol. The van der Waals surface area contributed by atoms with Gasteiger partial charge in [0.05, 0.1) is 18.8 Å². The number of esters is 1. The van der Waals surface area contributed by atoms with Crippen LogP contribution in [0.2, 0.25) is 0 Å². The summed E-state index contributed by atoms with van der Waals surface area (Å²) in [4.78, 5) is 32.4. The van der Waals surface area contributed by atoms with Gasteiger partial charge in [-0.15, -0.1) is 0 Å². The van der Waals surface area contributed by atoms with Gasteiger partial charge in [-0.2, -0.15) is 0 Å². The number of amides is 1. The molecule has 1 aliphatic rings. The Hall–Kier alpha value is -3.00. The molecule has 0 bridgehead atoms. The van der Waals surface area contributed by atoms with Crippen LogP contribution in [0.15, 0.2) is 30.3 Å². The van der Waals surface area contributed by atoms with E-state index in [1.807, 2.05) is 0 Å². The molecule has 2 N–H and O–H groups in total. The molecule has 2 heterocycles. The molecule has 1 saturated heterocycles. The summed E-state index contributed by atoms with van der Waals surface area (Å²) in [6, 6.07) is 8.36. The summed E-state index contributed by atoms with van der Waals surface area (Å²) in [5.41, 5.74) is 1.47. The first-order valence-corrected chi connectivity index (χ1v) is 8.76. The number of hydrogen-bond acceptors (Lipinski definition) is 7. The Kier molecular flexibility index (Phi) is 5.97. The molecule has 0 aliphatic carbocycles. The van der Waals surface area contributed by atoms with E-state index in [0.717, 1.165) is 25.1 Å². The van der Waals surface area contributed by atoms with Gasteiger partial charge < -0.3 is 20.1 Å². The van der Waals surface area contributed by atoms with Gasteiger partial charge in [0.2, 0.25) is 0 Å². The van der Waals surface area contributed by atoms with Crippen molar-refractivity contribution in [3.8, 4) is 0 Å². The van der Waals surface area contributed by atoms with Gasteiger partial charge in [0, 0.05) is 24.9 Å². The molecule has 142 valence electrons. The number of aromatic nitrogens is 2. The second-order valence-corrected chi connectivity index (χ2v) is 6.22. The topological polar surface area (TPSA) is 102 Å². The van der Waals surface area contributed by atoms with Crippen molar-refractivity contribution in [1.29, 1.82) is 0 Å². The number of ether oxygens (including phenoxy) is 2. The fraction of sp³-hybridized carbons (Fsp3) is 0.368. The molecule has 2 aromatic rings. The lowest BCUT2D eigenvalue weighted by Crippen LogP contribution is -2.32. The molecule has 1 aromatic carbocycles. The lowest BCUT2D eigenvalue weighted by molar-refractivity contribution is 0.0600. The van der Waals surface area contributed by atoms with Crippen LogP contribution in [0.25, 0.3) is 0 Å². The van der Waals surface area contributed by atoms with E-state index in [2.05, 4.69) is 25.3 Å². The Labute approximate surface area is 157 Å². The van der Waals surface area contributed by atoms with Crippen molar-refractivity contribution >= 4 is 23.4 Å². The molecule has 0 saturated carbocycles. The van der Waals surface area contributed by atoms with Gasteiger partial charge in [-0.05, 0) is 44.0 Å². The van der Waals surface area contributed by atoms with Gasteiger partial charge >= 0.3 is 5.97 Å².